The molecule has 1 saturated heterocycles. The van der Waals surface area contributed by atoms with Crippen LogP contribution in [0.5, 0.6) is 11.5 Å². The Balaban J connectivity index is 1.36. The number of nitrogens with one attached hydrogen (secondary N) is 2. The Hall–Kier alpha value is -2.73. The molecule has 0 aliphatic carbocycles. The number of nitrogens with zero attached hydrogens (tertiary/aromatic N) is 1. The third-order valence-corrected chi connectivity index (χ3v) is 6.18. The second-order valence-electron chi connectivity index (χ2n) is 7.98. The standard InChI is InChI=1S/C24H31N3O3/c1-25-23(26-16-21-15-18-5-3-4-6-22(18)30-21)27-17-24(11-13-29-14-12-24)19-7-9-20(28-2)10-8-19/h3-10,21H,11-17H2,1-2H3,(H2,25,26,27). The minimum Gasteiger partial charge on any atom is -0.497 e. The Bertz CT molecular complexity index is 835. The molecular formula is C24H31N3O3. The summed E-state index contributed by atoms with van der Waals surface area (Å²) < 4.78 is 17.0. The molecule has 0 spiro atoms. The molecule has 1 fully saturated rings. The zero-order valence-electron chi connectivity index (χ0n) is 17.8. The molecule has 0 aromatic heterocycles. The van der Waals surface area contributed by atoms with Gasteiger partial charge in [0, 0.05) is 38.6 Å². The first kappa shape index (κ1) is 20.5. The Labute approximate surface area is 178 Å². The summed E-state index contributed by atoms with van der Waals surface area (Å²) >= 11 is 0. The molecule has 6 heteroatoms. The molecule has 0 saturated carbocycles. The molecule has 2 aromatic carbocycles. The predicted octanol–water partition coefficient (Wildman–Crippen LogP) is 2.91. The molecule has 2 aliphatic heterocycles. The van der Waals surface area contributed by atoms with Crippen LogP contribution in [0.4, 0.5) is 0 Å². The second kappa shape index (κ2) is 9.39. The summed E-state index contributed by atoms with van der Waals surface area (Å²) in [4.78, 5) is 4.42. The lowest BCUT2D eigenvalue weighted by atomic mass is 9.74. The lowest BCUT2D eigenvalue weighted by Crippen LogP contribution is -2.49. The molecule has 6 nitrogen and oxygen atoms in total. The molecule has 0 bridgehead atoms. The maximum atomic E-state index is 6.03. The maximum Gasteiger partial charge on any atom is 0.191 e. The summed E-state index contributed by atoms with van der Waals surface area (Å²) in [6.45, 7) is 3.06. The highest BCUT2D eigenvalue weighted by Gasteiger charge is 2.34. The molecule has 4 rings (SSSR count). The molecular weight excluding hydrogens is 378 g/mol. The summed E-state index contributed by atoms with van der Waals surface area (Å²) in [6, 6.07) is 16.7. The first-order valence-electron chi connectivity index (χ1n) is 10.6. The molecule has 0 radical (unpaired) electrons. The van der Waals surface area contributed by atoms with Gasteiger partial charge in [-0.15, -0.1) is 0 Å². The first-order valence-corrected chi connectivity index (χ1v) is 10.6. The van der Waals surface area contributed by atoms with Crippen LogP contribution in [-0.4, -0.2) is 52.5 Å². The minimum absolute atomic E-state index is 0.0161. The Morgan fingerprint density at radius 1 is 1.10 bits per heavy atom. The number of rotatable bonds is 6. The number of benzene rings is 2. The smallest absolute Gasteiger partial charge is 0.191 e. The second-order valence-corrected chi connectivity index (χ2v) is 7.98. The van der Waals surface area contributed by atoms with E-state index in [1.165, 1.54) is 11.1 Å². The highest BCUT2D eigenvalue weighted by Crippen LogP contribution is 2.35. The van der Waals surface area contributed by atoms with Gasteiger partial charge in [0.15, 0.2) is 5.96 Å². The van der Waals surface area contributed by atoms with Crippen molar-refractivity contribution in [2.24, 2.45) is 4.99 Å². The van der Waals surface area contributed by atoms with Crippen LogP contribution in [0, 0.1) is 0 Å². The average Bonchev–Trinajstić information content (AvgIpc) is 3.23. The van der Waals surface area contributed by atoms with E-state index in [0.717, 1.165) is 56.5 Å². The van der Waals surface area contributed by atoms with Crippen molar-refractivity contribution in [3.05, 3.63) is 59.7 Å². The fourth-order valence-corrected chi connectivity index (χ4v) is 4.33. The van der Waals surface area contributed by atoms with E-state index in [-0.39, 0.29) is 11.5 Å². The fourth-order valence-electron chi connectivity index (χ4n) is 4.33. The van der Waals surface area contributed by atoms with Gasteiger partial charge in [-0.3, -0.25) is 4.99 Å². The Kier molecular flexibility index (Phi) is 6.43. The third kappa shape index (κ3) is 4.54. The van der Waals surface area contributed by atoms with Crippen molar-refractivity contribution in [1.29, 1.82) is 0 Å². The number of methoxy groups -OCH3 is 1. The van der Waals surface area contributed by atoms with E-state index >= 15 is 0 Å². The third-order valence-electron chi connectivity index (χ3n) is 6.18. The van der Waals surface area contributed by atoms with Gasteiger partial charge in [-0.2, -0.15) is 0 Å². The van der Waals surface area contributed by atoms with Gasteiger partial charge in [0.05, 0.1) is 13.7 Å². The Morgan fingerprint density at radius 2 is 1.87 bits per heavy atom. The molecule has 1 atom stereocenters. The highest BCUT2D eigenvalue weighted by molar-refractivity contribution is 5.79. The van der Waals surface area contributed by atoms with Crippen LogP contribution in [0.25, 0.3) is 0 Å². The van der Waals surface area contributed by atoms with E-state index in [9.17, 15) is 0 Å². The molecule has 2 aliphatic rings. The summed E-state index contributed by atoms with van der Waals surface area (Å²) in [6.07, 6.45) is 3.00. The maximum absolute atomic E-state index is 6.03. The summed E-state index contributed by atoms with van der Waals surface area (Å²) in [5.74, 6) is 2.67. The molecule has 30 heavy (non-hydrogen) atoms. The van der Waals surface area contributed by atoms with E-state index in [1.54, 1.807) is 7.11 Å². The number of para-hydroxylation sites is 1. The van der Waals surface area contributed by atoms with E-state index < -0.39 is 0 Å². The zero-order valence-corrected chi connectivity index (χ0v) is 17.8. The number of ether oxygens (including phenoxy) is 3. The van der Waals surface area contributed by atoms with Gasteiger partial charge in [0.25, 0.3) is 0 Å². The highest BCUT2D eigenvalue weighted by atomic mass is 16.5. The SMILES string of the molecule is CN=C(NCC1Cc2ccccc2O1)NCC1(c2ccc(OC)cc2)CCOCC1. The lowest BCUT2D eigenvalue weighted by Gasteiger charge is -2.38. The topological polar surface area (TPSA) is 64.1 Å². The van der Waals surface area contributed by atoms with Crippen molar-refractivity contribution >= 4 is 5.96 Å². The van der Waals surface area contributed by atoms with Gasteiger partial charge >= 0.3 is 0 Å². The average molecular weight is 410 g/mol. The van der Waals surface area contributed by atoms with Crippen LogP contribution in [-0.2, 0) is 16.6 Å². The molecule has 2 aromatic rings. The van der Waals surface area contributed by atoms with Gasteiger partial charge in [-0.05, 0) is 42.2 Å². The number of guanidine groups is 1. The minimum atomic E-state index is 0.0161. The van der Waals surface area contributed by atoms with E-state index in [1.807, 2.05) is 31.3 Å². The monoisotopic (exact) mass is 409 g/mol. The molecule has 160 valence electrons. The van der Waals surface area contributed by atoms with Crippen molar-refractivity contribution in [2.75, 3.05) is 40.5 Å². The van der Waals surface area contributed by atoms with Gasteiger partial charge < -0.3 is 24.8 Å². The summed E-state index contributed by atoms with van der Waals surface area (Å²) in [7, 11) is 3.51. The normalized spacial score (nSPS) is 20.2. The van der Waals surface area contributed by atoms with Crippen LogP contribution in [0.3, 0.4) is 0 Å². The number of aliphatic imine (C=N–C) groups is 1. The quantitative estimate of drug-likeness (QED) is 0.567. The van der Waals surface area contributed by atoms with Gasteiger partial charge in [-0.25, -0.2) is 0 Å². The molecule has 1 unspecified atom stereocenters. The number of hydrogen-bond acceptors (Lipinski definition) is 4. The van der Waals surface area contributed by atoms with Crippen LogP contribution >= 0.6 is 0 Å². The van der Waals surface area contributed by atoms with Crippen LogP contribution in [0.1, 0.15) is 24.0 Å². The van der Waals surface area contributed by atoms with Crippen LogP contribution in [0.2, 0.25) is 0 Å². The fraction of sp³-hybridized carbons (Fsp3) is 0.458. The van der Waals surface area contributed by atoms with Gasteiger partial charge in [0.1, 0.15) is 17.6 Å². The van der Waals surface area contributed by atoms with Crippen molar-refractivity contribution in [1.82, 2.24) is 10.6 Å². The van der Waals surface area contributed by atoms with E-state index in [2.05, 4.69) is 39.9 Å². The van der Waals surface area contributed by atoms with Gasteiger partial charge in [-0.1, -0.05) is 30.3 Å². The number of fused-ring (bicyclic) bond motifs is 1. The summed E-state index contributed by atoms with van der Waals surface area (Å²) in [5.41, 5.74) is 2.60. The Morgan fingerprint density at radius 3 is 2.57 bits per heavy atom. The molecule has 2 heterocycles. The molecule has 2 N–H and O–H groups in total. The lowest BCUT2D eigenvalue weighted by molar-refractivity contribution is 0.0513. The summed E-state index contributed by atoms with van der Waals surface area (Å²) in [5, 5.41) is 6.98. The predicted molar refractivity (Wildman–Crippen MR) is 119 cm³/mol. The van der Waals surface area contributed by atoms with Crippen LogP contribution < -0.4 is 20.1 Å². The van der Waals surface area contributed by atoms with E-state index in [0.29, 0.717) is 6.54 Å². The zero-order chi connectivity index (χ0) is 20.8. The number of hydrogen-bond donors (Lipinski definition) is 2. The van der Waals surface area contributed by atoms with Crippen molar-refractivity contribution in [2.45, 2.75) is 30.8 Å². The van der Waals surface area contributed by atoms with Crippen molar-refractivity contribution in [3.63, 3.8) is 0 Å². The van der Waals surface area contributed by atoms with Crippen molar-refractivity contribution in [3.8, 4) is 11.5 Å². The van der Waals surface area contributed by atoms with E-state index in [4.69, 9.17) is 14.2 Å². The van der Waals surface area contributed by atoms with Gasteiger partial charge in [0.2, 0.25) is 0 Å². The first-order chi connectivity index (χ1) is 14.7. The largest absolute Gasteiger partial charge is 0.497 e. The molecule has 0 amide bonds. The van der Waals surface area contributed by atoms with Crippen molar-refractivity contribution < 1.29 is 14.2 Å². The van der Waals surface area contributed by atoms with Crippen LogP contribution in [0.15, 0.2) is 53.5 Å².